The fourth-order valence-electron chi connectivity index (χ4n) is 2.74. The number of aromatic nitrogens is 2. The topological polar surface area (TPSA) is 74.5 Å². The van der Waals surface area contributed by atoms with Gasteiger partial charge in [0.15, 0.2) is 6.61 Å². The van der Waals surface area contributed by atoms with Crippen LogP contribution < -0.4 is 4.74 Å². The van der Waals surface area contributed by atoms with Gasteiger partial charge in [-0.2, -0.15) is 0 Å². The van der Waals surface area contributed by atoms with Crippen molar-refractivity contribution in [1.82, 2.24) is 10.2 Å². The summed E-state index contributed by atoms with van der Waals surface area (Å²) in [5, 5.41) is 7.89. The van der Waals surface area contributed by atoms with Gasteiger partial charge in [0, 0.05) is 5.56 Å². The molecule has 0 amide bonds. The van der Waals surface area contributed by atoms with E-state index in [1.54, 1.807) is 0 Å². The number of para-hydroxylation sites is 1. The maximum atomic E-state index is 12.3. The van der Waals surface area contributed by atoms with Crippen molar-refractivity contribution in [3.63, 3.8) is 0 Å². The van der Waals surface area contributed by atoms with Crippen LogP contribution in [0, 0.1) is 5.92 Å². The van der Waals surface area contributed by atoms with Crippen LogP contribution in [0.15, 0.2) is 59.0 Å². The van der Waals surface area contributed by atoms with Gasteiger partial charge in [-0.25, -0.2) is 0 Å². The van der Waals surface area contributed by atoms with Gasteiger partial charge in [0.25, 0.3) is 5.89 Å². The molecule has 1 aliphatic heterocycles. The molecule has 0 spiro atoms. The minimum absolute atomic E-state index is 0.0448. The number of benzene rings is 2. The Kier molecular flexibility index (Phi) is 4.16. The van der Waals surface area contributed by atoms with Crippen LogP contribution in [-0.4, -0.2) is 22.8 Å². The molecule has 6 nitrogen and oxygen atoms in total. The number of rotatable bonds is 4. The number of carbonyl (C=O) groups is 1. The molecule has 0 N–H and O–H groups in total. The third kappa shape index (κ3) is 3.38. The van der Waals surface area contributed by atoms with Gasteiger partial charge in [0.05, 0.1) is 5.92 Å². The summed E-state index contributed by atoms with van der Waals surface area (Å²) in [4.78, 5) is 12.3. The molecule has 0 unspecified atom stereocenters. The van der Waals surface area contributed by atoms with Gasteiger partial charge in [0.2, 0.25) is 5.89 Å². The smallest absolute Gasteiger partial charge is 0.313 e. The van der Waals surface area contributed by atoms with Crippen molar-refractivity contribution in [2.24, 2.45) is 5.92 Å². The van der Waals surface area contributed by atoms with Crippen LogP contribution >= 0.6 is 0 Å². The molecule has 2 aromatic carbocycles. The van der Waals surface area contributed by atoms with E-state index in [4.69, 9.17) is 13.9 Å². The number of ether oxygens (including phenoxy) is 2. The van der Waals surface area contributed by atoms with Crippen molar-refractivity contribution < 1.29 is 18.7 Å². The average molecular weight is 336 g/mol. The highest BCUT2D eigenvalue weighted by Crippen LogP contribution is 2.27. The van der Waals surface area contributed by atoms with Gasteiger partial charge < -0.3 is 13.9 Å². The summed E-state index contributed by atoms with van der Waals surface area (Å²) in [7, 11) is 0. The minimum Gasteiger partial charge on any atom is -0.492 e. The van der Waals surface area contributed by atoms with E-state index in [1.165, 1.54) is 0 Å². The Bertz CT molecular complexity index is 876. The average Bonchev–Trinajstić information content (AvgIpc) is 3.15. The van der Waals surface area contributed by atoms with Crippen LogP contribution in [0.4, 0.5) is 0 Å². The highest BCUT2D eigenvalue weighted by Gasteiger charge is 2.27. The largest absolute Gasteiger partial charge is 0.492 e. The fraction of sp³-hybridized carbons (Fsp3) is 0.211. The number of esters is 1. The molecule has 0 radical (unpaired) electrons. The van der Waals surface area contributed by atoms with Crippen LogP contribution in [0.2, 0.25) is 0 Å². The molecular formula is C19H16N2O4. The summed E-state index contributed by atoms with van der Waals surface area (Å²) in [6.45, 7) is 0.270. The molecule has 4 rings (SSSR count). The summed E-state index contributed by atoms with van der Waals surface area (Å²) in [5.74, 6) is 0.849. The van der Waals surface area contributed by atoms with Crippen LogP contribution in [0.3, 0.4) is 0 Å². The Balaban J connectivity index is 1.36. The maximum absolute atomic E-state index is 12.3. The van der Waals surface area contributed by atoms with E-state index in [9.17, 15) is 4.79 Å². The molecule has 0 saturated heterocycles. The molecule has 1 aromatic heterocycles. The molecule has 0 aliphatic carbocycles. The summed E-state index contributed by atoms with van der Waals surface area (Å²) in [6.07, 6.45) is 0.605. The lowest BCUT2D eigenvalue weighted by Crippen LogP contribution is -2.29. The van der Waals surface area contributed by atoms with Crippen LogP contribution in [-0.2, 0) is 22.6 Å². The molecule has 6 heteroatoms. The minimum atomic E-state index is -0.327. The molecule has 3 aromatic rings. The first-order valence-corrected chi connectivity index (χ1v) is 8.05. The van der Waals surface area contributed by atoms with Gasteiger partial charge in [-0.15, -0.1) is 10.2 Å². The molecule has 1 aliphatic rings. The van der Waals surface area contributed by atoms with Crippen LogP contribution in [0.25, 0.3) is 11.5 Å². The number of fused-ring (bicyclic) bond motifs is 1. The molecule has 0 fully saturated rings. The van der Waals surface area contributed by atoms with Gasteiger partial charge in [-0.3, -0.25) is 4.79 Å². The van der Waals surface area contributed by atoms with Crippen molar-refractivity contribution in [3.8, 4) is 17.2 Å². The molecular weight excluding hydrogens is 320 g/mol. The molecule has 1 atom stereocenters. The Labute approximate surface area is 144 Å². The summed E-state index contributed by atoms with van der Waals surface area (Å²) in [6, 6.07) is 17.1. The predicted octanol–water partition coefficient (Wildman–Crippen LogP) is 3.03. The molecule has 0 bridgehead atoms. The second kappa shape index (κ2) is 6.76. The fourth-order valence-corrected chi connectivity index (χ4v) is 2.74. The summed E-state index contributed by atoms with van der Waals surface area (Å²) >= 11 is 0. The zero-order valence-corrected chi connectivity index (χ0v) is 13.4. The quantitative estimate of drug-likeness (QED) is 0.682. The lowest BCUT2D eigenvalue weighted by molar-refractivity contribution is -0.152. The normalized spacial score (nSPS) is 15.9. The zero-order chi connectivity index (χ0) is 17.1. The van der Waals surface area contributed by atoms with E-state index >= 15 is 0 Å². The Morgan fingerprint density at radius 3 is 2.76 bits per heavy atom. The third-order valence-electron chi connectivity index (χ3n) is 4.04. The molecule has 126 valence electrons. The first kappa shape index (κ1) is 15.4. The highest BCUT2D eigenvalue weighted by atomic mass is 16.5. The van der Waals surface area contributed by atoms with Gasteiger partial charge >= 0.3 is 5.97 Å². The first-order valence-electron chi connectivity index (χ1n) is 8.05. The lowest BCUT2D eigenvalue weighted by atomic mass is 9.97. The number of carbonyl (C=O) groups excluding carboxylic acids is 1. The number of hydrogen-bond donors (Lipinski definition) is 0. The SMILES string of the molecule is O=C(OCc1nnc(-c2ccccc2)o1)[C@@H]1COc2ccccc2C1. The van der Waals surface area contributed by atoms with E-state index in [-0.39, 0.29) is 24.4 Å². The van der Waals surface area contributed by atoms with E-state index in [0.717, 1.165) is 16.9 Å². The highest BCUT2D eigenvalue weighted by molar-refractivity contribution is 5.73. The first-order chi connectivity index (χ1) is 12.3. The molecule has 2 heterocycles. The second-order valence-corrected chi connectivity index (χ2v) is 5.79. The molecule has 25 heavy (non-hydrogen) atoms. The zero-order valence-electron chi connectivity index (χ0n) is 13.4. The van der Waals surface area contributed by atoms with E-state index in [1.807, 2.05) is 54.6 Å². The van der Waals surface area contributed by atoms with Crippen molar-refractivity contribution in [2.45, 2.75) is 13.0 Å². The van der Waals surface area contributed by atoms with Crippen molar-refractivity contribution >= 4 is 5.97 Å². The standard InChI is InChI=1S/C19H16N2O4/c22-19(15-10-14-8-4-5-9-16(14)23-11-15)24-12-17-20-21-18(25-17)13-6-2-1-3-7-13/h1-9,15H,10-12H2/t15-/m0/s1. The summed E-state index contributed by atoms with van der Waals surface area (Å²) in [5.41, 5.74) is 1.84. The van der Waals surface area contributed by atoms with Gasteiger partial charge in [0.1, 0.15) is 12.4 Å². The number of hydrogen-bond acceptors (Lipinski definition) is 6. The third-order valence-corrected chi connectivity index (χ3v) is 4.04. The Morgan fingerprint density at radius 1 is 1.08 bits per heavy atom. The van der Waals surface area contributed by atoms with Crippen molar-refractivity contribution in [2.75, 3.05) is 6.61 Å². The number of nitrogens with zero attached hydrogens (tertiary/aromatic N) is 2. The van der Waals surface area contributed by atoms with E-state index in [0.29, 0.717) is 18.9 Å². The Morgan fingerprint density at radius 2 is 1.88 bits per heavy atom. The van der Waals surface area contributed by atoms with Crippen molar-refractivity contribution in [3.05, 3.63) is 66.1 Å². The Hall–Kier alpha value is -3.15. The monoisotopic (exact) mass is 336 g/mol. The van der Waals surface area contributed by atoms with Crippen molar-refractivity contribution in [1.29, 1.82) is 0 Å². The lowest BCUT2D eigenvalue weighted by Gasteiger charge is -2.23. The summed E-state index contributed by atoms with van der Waals surface area (Å²) < 4.78 is 16.5. The van der Waals surface area contributed by atoms with Gasteiger partial charge in [-0.05, 0) is 30.2 Å². The maximum Gasteiger partial charge on any atom is 0.313 e. The van der Waals surface area contributed by atoms with Crippen LogP contribution in [0.1, 0.15) is 11.5 Å². The van der Waals surface area contributed by atoms with E-state index in [2.05, 4.69) is 10.2 Å². The molecule has 0 saturated carbocycles. The predicted molar refractivity (Wildman–Crippen MR) is 88.7 cm³/mol. The van der Waals surface area contributed by atoms with Crippen LogP contribution in [0.5, 0.6) is 5.75 Å². The second-order valence-electron chi connectivity index (χ2n) is 5.79. The van der Waals surface area contributed by atoms with Gasteiger partial charge in [-0.1, -0.05) is 36.4 Å². The van der Waals surface area contributed by atoms with E-state index < -0.39 is 0 Å².